The van der Waals surface area contributed by atoms with E-state index >= 15 is 0 Å². The third-order valence-corrected chi connectivity index (χ3v) is 3.34. The lowest BCUT2D eigenvalue weighted by atomic mass is 10.2. The number of hydrogen-bond donors (Lipinski definition) is 1. The van der Waals surface area contributed by atoms with Gasteiger partial charge < -0.3 is 5.32 Å². The van der Waals surface area contributed by atoms with E-state index in [1.807, 2.05) is 18.2 Å². The Labute approximate surface area is 114 Å². The second-order valence-electron chi connectivity index (χ2n) is 3.68. The summed E-state index contributed by atoms with van der Waals surface area (Å²) in [5.41, 5.74) is 1.83. The number of nitrogens with zero attached hydrogens (tertiary/aromatic N) is 1. The predicted octanol–water partition coefficient (Wildman–Crippen LogP) is 2.83. The van der Waals surface area contributed by atoms with Crippen molar-refractivity contribution in [2.75, 3.05) is 6.54 Å². The summed E-state index contributed by atoms with van der Waals surface area (Å²) in [6, 6.07) is 5.81. The minimum absolute atomic E-state index is 0.0301. The molecule has 0 aliphatic heterocycles. The predicted molar refractivity (Wildman–Crippen MR) is 74.8 cm³/mol. The molecule has 5 heteroatoms. The lowest BCUT2D eigenvalue weighted by molar-refractivity contribution is -0.118. The van der Waals surface area contributed by atoms with Gasteiger partial charge >= 0.3 is 0 Å². The van der Waals surface area contributed by atoms with Crippen molar-refractivity contribution >= 4 is 39.1 Å². The highest BCUT2D eigenvalue weighted by atomic mass is 35.5. The first kappa shape index (κ1) is 12.9. The van der Waals surface area contributed by atoms with Crippen LogP contribution in [-0.4, -0.2) is 17.4 Å². The monoisotopic (exact) mass is 278 g/mol. The number of carbonyl (C=O) groups is 1. The van der Waals surface area contributed by atoms with Gasteiger partial charge in [-0.05, 0) is 18.2 Å². The summed E-state index contributed by atoms with van der Waals surface area (Å²) in [5, 5.41) is 2.70. The Morgan fingerprint density at radius 3 is 3.17 bits per heavy atom. The molecule has 0 saturated heterocycles. The van der Waals surface area contributed by atoms with Gasteiger partial charge in [0, 0.05) is 25.5 Å². The number of aromatic nitrogens is 1. The van der Waals surface area contributed by atoms with E-state index < -0.39 is 0 Å². The summed E-state index contributed by atoms with van der Waals surface area (Å²) in [5.74, 6) is 6.04. The Bertz CT molecular complexity index is 639. The van der Waals surface area contributed by atoms with E-state index in [2.05, 4.69) is 22.1 Å². The maximum absolute atomic E-state index is 10.6. The van der Waals surface area contributed by atoms with Gasteiger partial charge in [-0.2, -0.15) is 0 Å². The highest BCUT2D eigenvalue weighted by Gasteiger charge is 2.01. The molecule has 3 nitrogen and oxygen atoms in total. The Morgan fingerprint density at radius 1 is 1.56 bits per heavy atom. The third kappa shape index (κ3) is 3.46. The Morgan fingerprint density at radius 2 is 2.39 bits per heavy atom. The van der Waals surface area contributed by atoms with Crippen LogP contribution < -0.4 is 5.32 Å². The molecule has 0 unspecified atom stereocenters. The van der Waals surface area contributed by atoms with Gasteiger partial charge in [0.1, 0.15) is 0 Å². The fourth-order valence-electron chi connectivity index (χ4n) is 1.44. The van der Waals surface area contributed by atoms with Crippen LogP contribution in [0.3, 0.4) is 0 Å². The third-order valence-electron chi connectivity index (χ3n) is 2.22. The van der Waals surface area contributed by atoms with Crippen LogP contribution in [0.2, 0.25) is 4.47 Å². The zero-order valence-corrected chi connectivity index (χ0v) is 11.4. The molecule has 0 aliphatic carbocycles. The van der Waals surface area contributed by atoms with Crippen LogP contribution in [-0.2, 0) is 4.79 Å². The SMILES string of the molecule is CC(=O)NCCC#Cc1ccc2nc(Cl)sc2c1. The fraction of sp³-hybridized carbons (Fsp3) is 0.231. The van der Waals surface area contributed by atoms with E-state index in [1.165, 1.54) is 18.3 Å². The van der Waals surface area contributed by atoms with E-state index in [9.17, 15) is 4.79 Å². The highest BCUT2D eigenvalue weighted by Crippen LogP contribution is 2.26. The number of amides is 1. The van der Waals surface area contributed by atoms with E-state index in [4.69, 9.17) is 11.6 Å². The molecule has 18 heavy (non-hydrogen) atoms. The molecular weight excluding hydrogens is 268 g/mol. The van der Waals surface area contributed by atoms with Gasteiger partial charge in [0.25, 0.3) is 0 Å². The molecule has 1 aromatic heterocycles. The van der Waals surface area contributed by atoms with Gasteiger partial charge in [-0.25, -0.2) is 4.98 Å². The minimum atomic E-state index is -0.0301. The van der Waals surface area contributed by atoms with Crippen LogP contribution in [0.4, 0.5) is 0 Å². The molecule has 1 heterocycles. The van der Waals surface area contributed by atoms with Crippen LogP contribution >= 0.6 is 22.9 Å². The van der Waals surface area contributed by atoms with Gasteiger partial charge in [0.05, 0.1) is 10.2 Å². The van der Waals surface area contributed by atoms with Crippen molar-refractivity contribution in [2.45, 2.75) is 13.3 Å². The molecule has 0 spiro atoms. The number of rotatable bonds is 2. The van der Waals surface area contributed by atoms with Crippen LogP contribution in [0.15, 0.2) is 18.2 Å². The smallest absolute Gasteiger partial charge is 0.216 e. The molecule has 2 rings (SSSR count). The van der Waals surface area contributed by atoms with Crippen LogP contribution in [0.5, 0.6) is 0 Å². The Kier molecular flexibility index (Phi) is 4.19. The average molecular weight is 279 g/mol. The topological polar surface area (TPSA) is 42.0 Å². The van der Waals surface area contributed by atoms with E-state index in [0.717, 1.165) is 15.8 Å². The average Bonchev–Trinajstić information content (AvgIpc) is 2.67. The molecule has 0 atom stereocenters. The number of fused-ring (bicyclic) bond motifs is 1. The van der Waals surface area contributed by atoms with Crippen LogP contribution in [0, 0.1) is 11.8 Å². The van der Waals surface area contributed by atoms with Crippen molar-refractivity contribution in [3.63, 3.8) is 0 Å². The Hall–Kier alpha value is -1.57. The summed E-state index contributed by atoms with van der Waals surface area (Å²) in [4.78, 5) is 14.8. The lowest BCUT2D eigenvalue weighted by Gasteiger charge is -1.94. The second-order valence-corrected chi connectivity index (χ2v) is 5.30. The molecule has 1 N–H and O–H groups in total. The summed E-state index contributed by atoms with van der Waals surface area (Å²) >= 11 is 7.29. The van der Waals surface area contributed by atoms with Crippen molar-refractivity contribution < 1.29 is 4.79 Å². The zero-order chi connectivity index (χ0) is 13.0. The van der Waals surface area contributed by atoms with E-state index in [0.29, 0.717) is 17.4 Å². The second kappa shape index (κ2) is 5.85. The lowest BCUT2D eigenvalue weighted by Crippen LogP contribution is -2.20. The van der Waals surface area contributed by atoms with Gasteiger partial charge in [0.15, 0.2) is 4.47 Å². The number of carbonyl (C=O) groups excluding carboxylic acids is 1. The number of nitrogens with one attached hydrogen (secondary N) is 1. The largest absolute Gasteiger partial charge is 0.355 e. The normalized spacial score (nSPS) is 9.89. The minimum Gasteiger partial charge on any atom is -0.355 e. The first-order chi connectivity index (χ1) is 8.65. The molecule has 1 aromatic carbocycles. The maximum Gasteiger partial charge on any atom is 0.216 e. The van der Waals surface area contributed by atoms with E-state index in [1.54, 1.807) is 0 Å². The van der Waals surface area contributed by atoms with Crippen molar-refractivity contribution in [3.05, 3.63) is 28.2 Å². The van der Waals surface area contributed by atoms with Gasteiger partial charge in [-0.15, -0.1) is 11.3 Å². The molecule has 0 aliphatic rings. The molecule has 0 saturated carbocycles. The quantitative estimate of drug-likeness (QED) is 0.678. The molecule has 1 amide bonds. The van der Waals surface area contributed by atoms with Crippen LogP contribution in [0.25, 0.3) is 10.2 Å². The molecule has 0 bridgehead atoms. The highest BCUT2D eigenvalue weighted by molar-refractivity contribution is 7.22. The van der Waals surface area contributed by atoms with Gasteiger partial charge in [-0.1, -0.05) is 23.4 Å². The van der Waals surface area contributed by atoms with Crippen molar-refractivity contribution in [3.8, 4) is 11.8 Å². The first-order valence-electron chi connectivity index (χ1n) is 5.44. The molecule has 0 radical (unpaired) electrons. The van der Waals surface area contributed by atoms with Crippen LogP contribution in [0.1, 0.15) is 18.9 Å². The molecular formula is C13H11ClN2OS. The molecule has 0 fully saturated rings. The summed E-state index contributed by atoms with van der Waals surface area (Å²) < 4.78 is 1.58. The van der Waals surface area contributed by atoms with Gasteiger partial charge in [-0.3, -0.25) is 4.79 Å². The van der Waals surface area contributed by atoms with Crippen molar-refractivity contribution in [2.24, 2.45) is 0 Å². The molecule has 2 aromatic rings. The van der Waals surface area contributed by atoms with Gasteiger partial charge in [0.2, 0.25) is 5.91 Å². The van der Waals surface area contributed by atoms with Crippen molar-refractivity contribution in [1.82, 2.24) is 10.3 Å². The summed E-state index contributed by atoms with van der Waals surface area (Å²) in [6.07, 6.45) is 0.640. The molecule has 92 valence electrons. The summed E-state index contributed by atoms with van der Waals surface area (Å²) in [6.45, 7) is 2.08. The number of thiazole rings is 1. The first-order valence-corrected chi connectivity index (χ1v) is 6.64. The number of hydrogen-bond acceptors (Lipinski definition) is 3. The van der Waals surface area contributed by atoms with E-state index in [-0.39, 0.29) is 5.91 Å². The zero-order valence-electron chi connectivity index (χ0n) is 9.79. The number of benzene rings is 1. The fourth-order valence-corrected chi connectivity index (χ4v) is 2.51. The Balaban J connectivity index is 2.03. The maximum atomic E-state index is 10.6. The summed E-state index contributed by atoms with van der Waals surface area (Å²) in [7, 11) is 0. The standard InChI is InChI=1S/C13H11ClN2OS/c1-9(17)15-7-3-2-4-10-5-6-11-12(8-10)18-13(14)16-11/h5-6,8H,3,7H2,1H3,(H,15,17). The van der Waals surface area contributed by atoms with Crippen molar-refractivity contribution in [1.29, 1.82) is 0 Å². The number of halogens is 1.